The molecular formula is C14H17BrN2O. The van der Waals surface area contributed by atoms with Gasteiger partial charge < -0.3 is 10.2 Å². The van der Waals surface area contributed by atoms with Crippen LogP contribution in [-0.2, 0) is 11.2 Å². The molecule has 0 radical (unpaired) electrons. The van der Waals surface area contributed by atoms with Crippen molar-refractivity contribution in [2.45, 2.75) is 18.9 Å². The molecule has 2 heterocycles. The lowest BCUT2D eigenvalue weighted by Gasteiger charge is -2.23. The summed E-state index contributed by atoms with van der Waals surface area (Å²) in [7, 11) is 0. The van der Waals surface area contributed by atoms with Crippen molar-refractivity contribution in [3.63, 3.8) is 0 Å². The molecule has 2 aliphatic rings. The van der Waals surface area contributed by atoms with E-state index in [9.17, 15) is 4.79 Å². The van der Waals surface area contributed by atoms with Crippen molar-refractivity contribution in [2.75, 3.05) is 19.6 Å². The van der Waals surface area contributed by atoms with E-state index in [4.69, 9.17) is 0 Å². The topological polar surface area (TPSA) is 32.3 Å². The molecule has 4 heteroatoms. The summed E-state index contributed by atoms with van der Waals surface area (Å²) >= 11 is 3.41. The Balaban J connectivity index is 1.66. The van der Waals surface area contributed by atoms with E-state index >= 15 is 0 Å². The van der Waals surface area contributed by atoms with E-state index in [-0.39, 0.29) is 5.91 Å². The molecule has 3 rings (SSSR count). The normalized spacial score (nSPS) is 26.4. The number of fused-ring (bicyclic) bond motifs is 1. The Morgan fingerprint density at radius 3 is 2.89 bits per heavy atom. The van der Waals surface area contributed by atoms with Crippen LogP contribution in [0.2, 0.25) is 0 Å². The van der Waals surface area contributed by atoms with Crippen LogP contribution < -0.4 is 5.32 Å². The summed E-state index contributed by atoms with van der Waals surface area (Å²) in [5.41, 5.74) is 1.10. The van der Waals surface area contributed by atoms with Crippen LogP contribution in [0.4, 0.5) is 0 Å². The van der Waals surface area contributed by atoms with E-state index in [0.29, 0.717) is 18.4 Å². The van der Waals surface area contributed by atoms with Gasteiger partial charge in [-0.2, -0.15) is 0 Å². The predicted molar refractivity (Wildman–Crippen MR) is 74.3 cm³/mol. The smallest absolute Gasteiger partial charge is 0.227 e. The molecule has 3 nitrogen and oxygen atoms in total. The zero-order valence-electron chi connectivity index (χ0n) is 10.2. The maximum Gasteiger partial charge on any atom is 0.227 e. The van der Waals surface area contributed by atoms with Crippen LogP contribution in [0.5, 0.6) is 0 Å². The summed E-state index contributed by atoms with van der Waals surface area (Å²) < 4.78 is 1.06. The van der Waals surface area contributed by atoms with Gasteiger partial charge in [0.25, 0.3) is 0 Å². The number of benzene rings is 1. The Morgan fingerprint density at radius 1 is 1.33 bits per heavy atom. The molecule has 96 valence electrons. The number of halogens is 1. The summed E-state index contributed by atoms with van der Waals surface area (Å²) in [6.45, 7) is 2.98. The SMILES string of the molecule is O=C(Cc1ccc(Br)cc1)N1CC[C@@H]2CNC[C@@H]21. The van der Waals surface area contributed by atoms with E-state index in [1.165, 1.54) is 0 Å². The summed E-state index contributed by atoms with van der Waals surface area (Å²) in [6.07, 6.45) is 1.68. The lowest BCUT2D eigenvalue weighted by molar-refractivity contribution is -0.131. The zero-order valence-corrected chi connectivity index (χ0v) is 11.8. The van der Waals surface area contributed by atoms with Crippen molar-refractivity contribution in [3.8, 4) is 0 Å². The van der Waals surface area contributed by atoms with Crippen molar-refractivity contribution in [1.82, 2.24) is 10.2 Å². The Bertz CT molecular complexity index is 446. The van der Waals surface area contributed by atoms with Crippen molar-refractivity contribution >= 4 is 21.8 Å². The highest BCUT2D eigenvalue weighted by molar-refractivity contribution is 9.10. The maximum absolute atomic E-state index is 12.3. The molecule has 0 aliphatic carbocycles. The van der Waals surface area contributed by atoms with Crippen LogP contribution >= 0.6 is 15.9 Å². The number of amides is 1. The highest BCUT2D eigenvalue weighted by atomic mass is 79.9. The summed E-state index contributed by atoms with van der Waals surface area (Å²) in [4.78, 5) is 14.4. The largest absolute Gasteiger partial charge is 0.338 e. The predicted octanol–water partition coefficient (Wildman–Crippen LogP) is 1.81. The summed E-state index contributed by atoms with van der Waals surface area (Å²) in [6, 6.07) is 8.46. The summed E-state index contributed by atoms with van der Waals surface area (Å²) in [5, 5.41) is 3.38. The Morgan fingerprint density at radius 2 is 2.11 bits per heavy atom. The first kappa shape index (κ1) is 12.2. The number of hydrogen-bond donors (Lipinski definition) is 1. The van der Waals surface area contributed by atoms with Crippen molar-refractivity contribution in [1.29, 1.82) is 0 Å². The van der Waals surface area contributed by atoms with Crippen molar-refractivity contribution in [2.24, 2.45) is 5.92 Å². The molecule has 0 aromatic heterocycles. The minimum absolute atomic E-state index is 0.272. The summed E-state index contributed by atoms with van der Waals surface area (Å²) in [5.74, 6) is 0.951. The fourth-order valence-electron chi connectivity index (χ4n) is 3.04. The Hall–Kier alpha value is -0.870. The van der Waals surface area contributed by atoms with Gasteiger partial charge in [0, 0.05) is 30.1 Å². The minimum atomic E-state index is 0.272. The van der Waals surface area contributed by atoms with Crippen LogP contribution in [-0.4, -0.2) is 36.5 Å². The molecule has 1 aromatic carbocycles. The third-order valence-electron chi connectivity index (χ3n) is 4.03. The fourth-order valence-corrected chi connectivity index (χ4v) is 3.30. The van der Waals surface area contributed by atoms with Gasteiger partial charge >= 0.3 is 0 Å². The highest BCUT2D eigenvalue weighted by Gasteiger charge is 2.39. The first-order valence-corrected chi connectivity index (χ1v) is 7.28. The van der Waals surface area contributed by atoms with Gasteiger partial charge in [-0.15, -0.1) is 0 Å². The second-order valence-electron chi connectivity index (χ2n) is 5.16. The standard InChI is InChI=1S/C14H17BrN2O/c15-12-3-1-10(2-4-12)7-14(18)17-6-5-11-8-16-9-13(11)17/h1-4,11,13,16H,5-9H2/t11-,13+/m1/s1. The number of rotatable bonds is 2. The number of carbonyl (C=O) groups excluding carboxylic acids is 1. The van der Waals surface area contributed by atoms with E-state index in [0.717, 1.165) is 36.1 Å². The van der Waals surface area contributed by atoms with Crippen LogP contribution in [0.15, 0.2) is 28.7 Å². The number of nitrogens with one attached hydrogen (secondary N) is 1. The van der Waals surface area contributed by atoms with E-state index in [1.54, 1.807) is 0 Å². The Kier molecular flexibility index (Phi) is 3.39. The Labute approximate surface area is 116 Å². The van der Waals surface area contributed by atoms with Crippen molar-refractivity contribution < 1.29 is 4.79 Å². The van der Waals surface area contributed by atoms with E-state index < -0.39 is 0 Å². The average Bonchev–Trinajstić information content (AvgIpc) is 2.93. The lowest BCUT2D eigenvalue weighted by Crippen LogP contribution is -2.39. The number of nitrogens with zero attached hydrogens (tertiary/aromatic N) is 1. The number of likely N-dealkylation sites (tertiary alicyclic amines) is 1. The first-order valence-electron chi connectivity index (χ1n) is 6.48. The second-order valence-corrected chi connectivity index (χ2v) is 6.08. The van der Waals surface area contributed by atoms with Crippen molar-refractivity contribution in [3.05, 3.63) is 34.3 Å². The molecule has 2 atom stereocenters. The van der Waals surface area contributed by atoms with Gasteiger partial charge in [0.2, 0.25) is 5.91 Å². The molecule has 1 aromatic rings. The quantitative estimate of drug-likeness (QED) is 0.904. The first-order chi connectivity index (χ1) is 8.74. The second kappa shape index (κ2) is 5.02. The molecule has 0 saturated carbocycles. The third kappa shape index (κ3) is 2.31. The van der Waals surface area contributed by atoms with E-state index in [2.05, 4.69) is 26.1 Å². The molecule has 0 unspecified atom stereocenters. The van der Waals surface area contributed by atoms with E-state index in [1.807, 2.05) is 24.3 Å². The average molecular weight is 309 g/mol. The van der Waals surface area contributed by atoms with Crippen LogP contribution in [0.1, 0.15) is 12.0 Å². The molecule has 2 fully saturated rings. The zero-order chi connectivity index (χ0) is 12.5. The molecule has 2 aliphatic heterocycles. The molecule has 0 bridgehead atoms. The van der Waals surface area contributed by atoms with Gasteiger partial charge in [-0.1, -0.05) is 28.1 Å². The molecule has 1 N–H and O–H groups in total. The monoisotopic (exact) mass is 308 g/mol. The highest BCUT2D eigenvalue weighted by Crippen LogP contribution is 2.27. The van der Waals surface area contributed by atoms with Crippen LogP contribution in [0.3, 0.4) is 0 Å². The van der Waals surface area contributed by atoms with Gasteiger partial charge in [0.1, 0.15) is 0 Å². The molecule has 2 saturated heterocycles. The molecule has 1 amide bonds. The van der Waals surface area contributed by atoms with Gasteiger partial charge in [-0.25, -0.2) is 0 Å². The molecule has 0 spiro atoms. The number of hydrogen-bond acceptors (Lipinski definition) is 2. The minimum Gasteiger partial charge on any atom is -0.338 e. The van der Waals surface area contributed by atoms with Gasteiger partial charge in [-0.3, -0.25) is 4.79 Å². The fraction of sp³-hybridized carbons (Fsp3) is 0.500. The van der Waals surface area contributed by atoms with Gasteiger partial charge in [0.15, 0.2) is 0 Å². The lowest BCUT2D eigenvalue weighted by atomic mass is 10.0. The van der Waals surface area contributed by atoms with Gasteiger partial charge in [-0.05, 0) is 30.0 Å². The molecule has 18 heavy (non-hydrogen) atoms. The van der Waals surface area contributed by atoms with Gasteiger partial charge in [0.05, 0.1) is 6.42 Å². The third-order valence-corrected chi connectivity index (χ3v) is 4.56. The van der Waals surface area contributed by atoms with Crippen LogP contribution in [0.25, 0.3) is 0 Å². The van der Waals surface area contributed by atoms with Crippen LogP contribution in [0, 0.1) is 5.92 Å². The maximum atomic E-state index is 12.3. The number of carbonyl (C=O) groups is 1. The molecular weight excluding hydrogens is 292 g/mol.